The molecule has 0 bridgehead atoms. The molecule has 0 atom stereocenters. The molecule has 96 valence electrons. The van der Waals surface area contributed by atoms with Gasteiger partial charge in [0.25, 0.3) is 0 Å². The van der Waals surface area contributed by atoms with E-state index in [0.717, 1.165) is 38.6 Å². The van der Waals surface area contributed by atoms with E-state index in [4.69, 9.17) is 0 Å². The fourth-order valence-corrected chi connectivity index (χ4v) is 2.16. The molecule has 0 aromatic rings. The highest BCUT2D eigenvalue weighted by Gasteiger charge is 2.22. The molecule has 0 aromatic carbocycles. The van der Waals surface area contributed by atoms with Gasteiger partial charge >= 0.3 is 0 Å². The summed E-state index contributed by atoms with van der Waals surface area (Å²) in [4.78, 5) is 4.91. The van der Waals surface area contributed by atoms with E-state index in [1.807, 2.05) is 13.8 Å². The van der Waals surface area contributed by atoms with E-state index in [9.17, 15) is 5.11 Å². The Morgan fingerprint density at radius 1 is 1.06 bits per heavy atom. The molecule has 1 heterocycles. The first-order chi connectivity index (χ1) is 7.37. The molecule has 0 spiro atoms. The van der Waals surface area contributed by atoms with Crippen LogP contribution in [0.15, 0.2) is 0 Å². The number of nitrogens with zero attached hydrogens (tertiary/aromatic N) is 2. The van der Waals surface area contributed by atoms with Gasteiger partial charge in [-0.25, -0.2) is 0 Å². The van der Waals surface area contributed by atoms with Crippen LogP contribution in [0, 0.1) is 5.92 Å². The second-order valence-electron chi connectivity index (χ2n) is 6.11. The third kappa shape index (κ3) is 5.83. The van der Waals surface area contributed by atoms with Gasteiger partial charge in [-0.3, -0.25) is 4.90 Å². The minimum absolute atomic E-state index is 0.555. The number of piperazine rings is 1. The van der Waals surface area contributed by atoms with E-state index in [2.05, 4.69) is 23.6 Å². The van der Waals surface area contributed by atoms with Gasteiger partial charge in [0.15, 0.2) is 0 Å². The van der Waals surface area contributed by atoms with Crippen LogP contribution >= 0.6 is 0 Å². The summed E-state index contributed by atoms with van der Waals surface area (Å²) in [5.74, 6) is 0.800. The summed E-state index contributed by atoms with van der Waals surface area (Å²) in [5, 5.41) is 9.76. The molecule has 0 radical (unpaired) electrons. The van der Waals surface area contributed by atoms with Gasteiger partial charge in [-0.2, -0.15) is 0 Å². The Kier molecular flexibility index (Phi) is 5.22. The molecule has 0 saturated carbocycles. The highest BCUT2D eigenvalue weighted by atomic mass is 16.3. The first-order valence-electron chi connectivity index (χ1n) is 6.54. The third-order valence-corrected chi connectivity index (χ3v) is 3.10. The van der Waals surface area contributed by atoms with Crippen molar-refractivity contribution in [1.82, 2.24) is 9.80 Å². The molecule has 1 saturated heterocycles. The number of hydrogen-bond donors (Lipinski definition) is 1. The second-order valence-corrected chi connectivity index (χ2v) is 6.11. The lowest BCUT2D eigenvalue weighted by Gasteiger charge is -2.37. The zero-order valence-corrected chi connectivity index (χ0v) is 11.4. The van der Waals surface area contributed by atoms with Crippen LogP contribution in [0.5, 0.6) is 0 Å². The lowest BCUT2D eigenvalue weighted by Crippen LogP contribution is -2.50. The maximum absolute atomic E-state index is 9.76. The van der Waals surface area contributed by atoms with Gasteiger partial charge in [-0.05, 0) is 32.7 Å². The molecule has 1 rings (SSSR count). The molecule has 3 heteroatoms. The largest absolute Gasteiger partial charge is 0.389 e. The summed E-state index contributed by atoms with van der Waals surface area (Å²) in [6, 6.07) is 0. The van der Waals surface area contributed by atoms with Crippen LogP contribution in [0.25, 0.3) is 0 Å². The summed E-state index contributed by atoms with van der Waals surface area (Å²) in [5.41, 5.74) is -0.555. The standard InChI is InChI=1S/C13H28N2O/c1-12(2)5-6-14-7-9-15(10-8-14)11-13(3,4)16/h12,16H,5-11H2,1-4H3. The van der Waals surface area contributed by atoms with Gasteiger partial charge in [-0.15, -0.1) is 0 Å². The fraction of sp³-hybridized carbons (Fsp3) is 1.00. The minimum Gasteiger partial charge on any atom is -0.389 e. The predicted octanol–water partition coefficient (Wildman–Crippen LogP) is 1.42. The Hall–Kier alpha value is -0.120. The van der Waals surface area contributed by atoms with Crippen molar-refractivity contribution >= 4 is 0 Å². The number of β-amino-alcohol motifs (C(OH)–C–C–N with tert-alkyl or cyclic N) is 1. The molecular formula is C13H28N2O. The highest BCUT2D eigenvalue weighted by Crippen LogP contribution is 2.10. The topological polar surface area (TPSA) is 26.7 Å². The molecular weight excluding hydrogens is 200 g/mol. The van der Waals surface area contributed by atoms with Crippen LogP contribution < -0.4 is 0 Å². The Labute approximate surface area is 100 Å². The summed E-state index contributed by atoms with van der Waals surface area (Å²) in [6.07, 6.45) is 1.30. The van der Waals surface area contributed by atoms with Crippen LogP contribution in [-0.2, 0) is 0 Å². The van der Waals surface area contributed by atoms with Crippen molar-refractivity contribution in [3.8, 4) is 0 Å². The first kappa shape index (κ1) is 13.9. The monoisotopic (exact) mass is 228 g/mol. The Bertz CT molecular complexity index is 191. The molecule has 3 nitrogen and oxygen atoms in total. The van der Waals surface area contributed by atoms with Crippen LogP contribution in [-0.4, -0.2) is 59.8 Å². The molecule has 0 aromatic heterocycles. The third-order valence-electron chi connectivity index (χ3n) is 3.10. The van der Waals surface area contributed by atoms with E-state index in [0.29, 0.717) is 0 Å². The van der Waals surface area contributed by atoms with E-state index < -0.39 is 5.60 Å². The number of aliphatic hydroxyl groups is 1. The maximum Gasteiger partial charge on any atom is 0.0718 e. The first-order valence-corrected chi connectivity index (χ1v) is 6.54. The summed E-state index contributed by atoms with van der Waals surface area (Å²) in [6.45, 7) is 14.9. The summed E-state index contributed by atoms with van der Waals surface area (Å²) >= 11 is 0. The van der Waals surface area contributed by atoms with Gasteiger partial charge in [0.05, 0.1) is 5.60 Å². The fourth-order valence-electron chi connectivity index (χ4n) is 2.16. The second kappa shape index (κ2) is 5.99. The molecule has 0 amide bonds. The predicted molar refractivity (Wildman–Crippen MR) is 68.6 cm³/mol. The quantitative estimate of drug-likeness (QED) is 0.771. The van der Waals surface area contributed by atoms with Crippen molar-refractivity contribution in [2.45, 2.75) is 39.7 Å². The zero-order chi connectivity index (χ0) is 12.2. The van der Waals surface area contributed by atoms with Gasteiger partial charge in [0, 0.05) is 32.7 Å². The molecule has 0 unspecified atom stereocenters. The maximum atomic E-state index is 9.76. The van der Waals surface area contributed by atoms with Gasteiger partial charge in [-0.1, -0.05) is 13.8 Å². The molecule has 1 aliphatic heterocycles. The van der Waals surface area contributed by atoms with E-state index in [-0.39, 0.29) is 0 Å². The van der Waals surface area contributed by atoms with Crippen LogP contribution in [0.1, 0.15) is 34.1 Å². The van der Waals surface area contributed by atoms with Crippen molar-refractivity contribution < 1.29 is 5.11 Å². The lowest BCUT2D eigenvalue weighted by atomic mass is 10.1. The Balaban J connectivity index is 2.18. The SMILES string of the molecule is CC(C)CCN1CCN(CC(C)(C)O)CC1. The van der Waals surface area contributed by atoms with E-state index in [1.54, 1.807) is 0 Å². The minimum atomic E-state index is -0.555. The summed E-state index contributed by atoms with van der Waals surface area (Å²) < 4.78 is 0. The zero-order valence-electron chi connectivity index (χ0n) is 11.4. The molecule has 1 N–H and O–H groups in total. The van der Waals surface area contributed by atoms with Gasteiger partial charge in [0.2, 0.25) is 0 Å². The Morgan fingerprint density at radius 2 is 1.56 bits per heavy atom. The molecule has 1 fully saturated rings. The van der Waals surface area contributed by atoms with Crippen molar-refractivity contribution in [1.29, 1.82) is 0 Å². The van der Waals surface area contributed by atoms with Gasteiger partial charge < -0.3 is 10.0 Å². The van der Waals surface area contributed by atoms with Crippen molar-refractivity contribution in [2.75, 3.05) is 39.3 Å². The van der Waals surface area contributed by atoms with Gasteiger partial charge in [0.1, 0.15) is 0 Å². The summed E-state index contributed by atoms with van der Waals surface area (Å²) in [7, 11) is 0. The van der Waals surface area contributed by atoms with Crippen LogP contribution in [0.3, 0.4) is 0 Å². The Morgan fingerprint density at radius 3 is 2.00 bits per heavy atom. The number of rotatable bonds is 5. The van der Waals surface area contributed by atoms with Crippen molar-refractivity contribution in [2.24, 2.45) is 5.92 Å². The average Bonchev–Trinajstić information content (AvgIpc) is 2.14. The lowest BCUT2D eigenvalue weighted by molar-refractivity contribution is 0.0173. The van der Waals surface area contributed by atoms with Crippen LogP contribution in [0.2, 0.25) is 0 Å². The number of hydrogen-bond acceptors (Lipinski definition) is 3. The van der Waals surface area contributed by atoms with E-state index in [1.165, 1.54) is 13.0 Å². The smallest absolute Gasteiger partial charge is 0.0718 e. The molecule has 16 heavy (non-hydrogen) atoms. The highest BCUT2D eigenvalue weighted by molar-refractivity contribution is 4.77. The normalized spacial score (nSPS) is 20.6. The molecule has 1 aliphatic rings. The van der Waals surface area contributed by atoms with Crippen molar-refractivity contribution in [3.63, 3.8) is 0 Å². The van der Waals surface area contributed by atoms with Crippen molar-refractivity contribution in [3.05, 3.63) is 0 Å². The van der Waals surface area contributed by atoms with E-state index >= 15 is 0 Å². The molecule has 0 aliphatic carbocycles. The average molecular weight is 228 g/mol. The van der Waals surface area contributed by atoms with Crippen LogP contribution in [0.4, 0.5) is 0 Å².